The van der Waals surface area contributed by atoms with Gasteiger partial charge in [-0.15, -0.1) is 0 Å². The van der Waals surface area contributed by atoms with Gasteiger partial charge in [-0.05, 0) is 13.3 Å². The van der Waals surface area contributed by atoms with E-state index in [2.05, 4.69) is 35.7 Å². The van der Waals surface area contributed by atoms with Gasteiger partial charge in [-0.25, -0.2) is 4.57 Å². The summed E-state index contributed by atoms with van der Waals surface area (Å²) in [6, 6.07) is 2.09. The van der Waals surface area contributed by atoms with E-state index in [0.29, 0.717) is 0 Å². The fourth-order valence-electron chi connectivity index (χ4n) is 1.00. The molecule has 1 aromatic heterocycles. The Balaban J connectivity index is 2.66. The first-order valence-electron chi connectivity index (χ1n) is 4.20. The number of aromatic nitrogens is 2. The van der Waals surface area contributed by atoms with Crippen LogP contribution in [0.25, 0.3) is 0 Å². The molecule has 0 spiro atoms. The number of hydrogen-bond donors (Lipinski definition) is 0. The van der Waals surface area contributed by atoms with Crippen molar-refractivity contribution in [1.82, 2.24) is 4.98 Å². The van der Waals surface area contributed by atoms with E-state index in [1.165, 1.54) is 12.1 Å². The van der Waals surface area contributed by atoms with E-state index in [4.69, 9.17) is 0 Å². The van der Waals surface area contributed by atoms with Gasteiger partial charge < -0.3 is 0 Å². The lowest BCUT2D eigenvalue weighted by atomic mass is 10.2. The van der Waals surface area contributed by atoms with Gasteiger partial charge in [0, 0.05) is 12.5 Å². The Labute approximate surface area is 67.9 Å². The molecule has 0 bridgehead atoms. The predicted octanol–water partition coefficient (Wildman–Crippen LogP) is 1.34. The molecule has 2 heteroatoms. The lowest BCUT2D eigenvalue weighted by Gasteiger charge is -1.92. The lowest BCUT2D eigenvalue weighted by Crippen LogP contribution is -2.31. The van der Waals surface area contributed by atoms with Crippen LogP contribution in [0.4, 0.5) is 0 Å². The maximum Gasteiger partial charge on any atom is 0.286 e. The summed E-state index contributed by atoms with van der Waals surface area (Å²) in [7, 11) is 0. The van der Waals surface area contributed by atoms with Crippen LogP contribution < -0.4 is 4.57 Å². The second-order valence-electron chi connectivity index (χ2n) is 2.63. The summed E-state index contributed by atoms with van der Waals surface area (Å²) in [6.45, 7) is 5.28. The summed E-state index contributed by atoms with van der Waals surface area (Å²) in [6.07, 6.45) is 6.23. The third kappa shape index (κ3) is 2.30. The van der Waals surface area contributed by atoms with Gasteiger partial charge in [-0.1, -0.05) is 11.9 Å². The Bertz CT molecular complexity index is 203. The third-order valence-corrected chi connectivity index (χ3v) is 1.70. The highest BCUT2D eigenvalue weighted by molar-refractivity contribution is 4.94. The average Bonchev–Trinajstić information content (AvgIpc) is 2.07. The standard InChI is InChI=1S/C9H15N2/c1-3-5-9-6-7-11(4-2)8-10-9/h6-8H,3-5H2,1-2H3/q+1. The topological polar surface area (TPSA) is 16.8 Å². The summed E-state index contributed by atoms with van der Waals surface area (Å²) in [5.41, 5.74) is 1.19. The molecule has 1 rings (SSSR count). The molecule has 0 amide bonds. The van der Waals surface area contributed by atoms with Crippen LogP contribution in [-0.4, -0.2) is 4.98 Å². The normalized spacial score (nSPS) is 10.0. The van der Waals surface area contributed by atoms with Gasteiger partial charge in [-0.3, -0.25) is 0 Å². The molecule has 0 saturated carbocycles. The molecule has 0 aliphatic carbocycles. The van der Waals surface area contributed by atoms with Crippen LogP contribution in [0, 0.1) is 0 Å². The summed E-state index contributed by atoms with van der Waals surface area (Å²) in [5.74, 6) is 0. The zero-order valence-electron chi connectivity index (χ0n) is 7.25. The van der Waals surface area contributed by atoms with Crippen LogP contribution in [-0.2, 0) is 13.0 Å². The van der Waals surface area contributed by atoms with Crippen LogP contribution in [0.5, 0.6) is 0 Å². The molecule has 0 N–H and O–H groups in total. The van der Waals surface area contributed by atoms with Gasteiger partial charge in [0.1, 0.15) is 0 Å². The Morgan fingerprint density at radius 2 is 2.27 bits per heavy atom. The molecule has 1 heterocycles. The fourth-order valence-corrected chi connectivity index (χ4v) is 1.00. The van der Waals surface area contributed by atoms with Gasteiger partial charge in [0.15, 0.2) is 5.69 Å². The van der Waals surface area contributed by atoms with Gasteiger partial charge in [0.2, 0.25) is 0 Å². The smallest absolute Gasteiger partial charge is 0.237 e. The minimum atomic E-state index is 0.999. The quantitative estimate of drug-likeness (QED) is 0.596. The Morgan fingerprint density at radius 3 is 2.73 bits per heavy atom. The minimum Gasteiger partial charge on any atom is -0.237 e. The highest BCUT2D eigenvalue weighted by atomic mass is 15.0. The SMILES string of the molecule is CCCc1cc[n+](CC)cn1. The predicted molar refractivity (Wildman–Crippen MR) is 44.1 cm³/mol. The Kier molecular flexibility index (Phi) is 3.02. The van der Waals surface area contributed by atoms with E-state index in [0.717, 1.165) is 13.0 Å². The average molecular weight is 151 g/mol. The number of rotatable bonds is 3. The van der Waals surface area contributed by atoms with Crippen molar-refractivity contribution in [2.75, 3.05) is 0 Å². The lowest BCUT2D eigenvalue weighted by molar-refractivity contribution is -0.696. The molecule has 0 atom stereocenters. The minimum absolute atomic E-state index is 0.999. The maximum atomic E-state index is 4.30. The molecule has 11 heavy (non-hydrogen) atoms. The Morgan fingerprint density at radius 1 is 1.45 bits per heavy atom. The number of hydrogen-bond acceptors (Lipinski definition) is 1. The second kappa shape index (κ2) is 4.06. The molecule has 0 radical (unpaired) electrons. The van der Waals surface area contributed by atoms with Gasteiger partial charge >= 0.3 is 0 Å². The number of nitrogens with zero attached hydrogens (tertiary/aromatic N) is 2. The van der Waals surface area contributed by atoms with E-state index >= 15 is 0 Å². The molecule has 0 unspecified atom stereocenters. The molecular weight excluding hydrogens is 136 g/mol. The van der Waals surface area contributed by atoms with Crippen molar-refractivity contribution in [3.05, 3.63) is 24.3 Å². The van der Waals surface area contributed by atoms with E-state index in [9.17, 15) is 0 Å². The summed E-state index contributed by atoms with van der Waals surface area (Å²) < 4.78 is 2.07. The Hall–Kier alpha value is -0.920. The largest absolute Gasteiger partial charge is 0.286 e. The third-order valence-electron chi connectivity index (χ3n) is 1.70. The maximum absolute atomic E-state index is 4.30. The zero-order chi connectivity index (χ0) is 8.10. The van der Waals surface area contributed by atoms with Crippen molar-refractivity contribution in [3.8, 4) is 0 Å². The van der Waals surface area contributed by atoms with E-state index < -0.39 is 0 Å². The summed E-state index contributed by atoms with van der Waals surface area (Å²) >= 11 is 0. The molecule has 1 aromatic rings. The van der Waals surface area contributed by atoms with Gasteiger partial charge in [0.25, 0.3) is 6.33 Å². The van der Waals surface area contributed by atoms with Crippen LogP contribution in [0.1, 0.15) is 26.0 Å². The number of aryl methyl sites for hydroxylation is 2. The monoisotopic (exact) mass is 151 g/mol. The highest BCUT2D eigenvalue weighted by Gasteiger charge is 1.99. The van der Waals surface area contributed by atoms with Crippen molar-refractivity contribution in [2.24, 2.45) is 0 Å². The zero-order valence-corrected chi connectivity index (χ0v) is 7.25. The van der Waals surface area contributed by atoms with Crippen LogP contribution in [0.2, 0.25) is 0 Å². The molecule has 0 aliphatic heterocycles. The molecule has 2 nitrogen and oxygen atoms in total. The van der Waals surface area contributed by atoms with Gasteiger partial charge in [-0.2, -0.15) is 0 Å². The molecular formula is C9H15N2+. The van der Waals surface area contributed by atoms with Gasteiger partial charge in [0.05, 0.1) is 12.7 Å². The van der Waals surface area contributed by atoms with E-state index in [1.807, 2.05) is 6.33 Å². The van der Waals surface area contributed by atoms with Crippen LogP contribution in [0.15, 0.2) is 18.6 Å². The summed E-state index contributed by atoms with van der Waals surface area (Å²) in [5, 5.41) is 0. The molecule has 0 aromatic carbocycles. The first-order chi connectivity index (χ1) is 5.36. The molecule has 60 valence electrons. The van der Waals surface area contributed by atoms with Crippen LogP contribution >= 0.6 is 0 Å². The summed E-state index contributed by atoms with van der Waals surface area (Å²) in [4.78, 5) is 4.30. The van der Waals surface area contributed by atoms with Crippen molar-refractivity contribution in [2.45, 2.75) is 33.2 Å². The van der Waals surface area contributed by atoms with Crippen molar-refractivity contribution in [1.29, 1.82) is 0 Å². The highest BCUT2D eigenvalue weighted by Crippen LogP contribution is 1.94. The first kappa shape index (κ1) is 8.18. The fraction of sp³-hybridized carbons (Fsp3) is 0.556. The van der Waals surface area contributed by atoms with Crippen molar-refractivity contribution in [3.63, 3.8) is 0 Å². The molecule has 0 aliphatic rings. The van der Waals surface area contributed by atoms with Crippen molar-refractivity contribution >= 4 is 0 Å². The van der Waals surface area contributed by atoms with Crippen LogP contribution in [0.3, 0.4) is 0 Å². The second-order valence-corrected chi connectivity index (χ2v) is 2.63. The van der Waals surface area contributed by atoms with Crippen molar-refractivity contribution < 1.29 is 4.57 Å². The molecule has 0 fully saturated rings. The van der Waals surface area contributed by atoms with E-state index in [-0.39, 0.29) is 0 Å². The van der Waals surface area contributed by atoms with E-state index in [1.54, 1.807) is 0 Å². The first-order valence-corrected chi connectivity index (χ1v) is 4.20. The molecule has 0 saturated heterocycles.